The second-order valence-electron chi connectivity index (χ2n) is 13.9. The predicted molar refractivity (Wildman–Crippen MR) is 201 cm³/mol. The van der Waals surface area contributed by atoms with Crippen molar-refractivity contribution in [2.75, 3.05) is 40.9 Å². The Morgan fingerprint density at radius 2 is 1.17 bits per heavy atom. The third kappa shape index (κ3) is 33.0. The number of nitrogens with zero attached hydrogens (tertiary/aromatic N) is 1. The van der Waals surface area contributed by atoms with Crippen molar-refractivity contribution in [1.29, 1.82) is 0 Å². The first-order valence-electron chi connectivity index (χ1n) is 19.0. The molecule has 0 saturated heterocycles. The van der Waals surface area contributed by atoms with E-state index >= 15 is 0 Å². The molecule has 8 nitrogen and oxygen atoms in total. The summed E-state index contributed by atoms with van der Waals surface area (Å²) in [5.41, 5.74) is 0. The number of phosphoric acid groups is 1. The minimum atomic E-state index is -4.59. The Hall–Kier alpha value is -1.54. The van der Waals surface area contributed by atoms with Crippen LogP contribution in [-0.2, 0) is 18.4 Å². The van der Waals surface area contributed by atoms with Crippen molar-refractivity contribution in [3.63, 3.8) is 0 Å². The van der Waals surface area contributed by atoms with Crippen molar-refractivity contribution in [3.8, 4) is 0 Å². The van der Waals surface area contributed by atoms with Crippen LogP contribution < -0.4 is 10.2 Å². The summed E-state index contributed by atoms with van der Waals surface area (Å²) in [6, 6.07) is -0.911. The molecule has 3 atom stereocenters. The maximum absolute atomic E-state index is 12.7. The molecule has 2 N–H and O–H groups in total. The van der Waals surface area contributed by atoms with Gasteiger partial charge >= 0.3 is 0 Å². The standard InChI is InChI=1S/C39H73N2O6P/c1-6-8-10-12-14-16-18-20-21-22-24-26-28-30-32-38(42)37(36-47-48(44,45)46-35-34-41(3,4)5)40-39(43)33-31-29-27-25-23-19-17-15-13-11-9-7-2/h15-18,22,24,30,32,37-38,42H,6-14,19-21,23,25-29,31,33-36H2,1-5H3,(H-,40,43,44,45)/b17-15-,18-16+,24-22+,32-30+. The molecule has 0 radical (unpaired) electrons. The number of hydrogen-bond acceptors (Lipinski definition) is 6. The van der Waals surface area contributed by atoms with Gasteiger partial charge < -0.3 is 28.8 Å². The van der Waals surface area contributed by atoms with Crippen LogP contribution in [0.1, 0.15) is 142 Å². The maximum atomic E-state index is 12.7. The molecule has 0 heterocycles. The zero-order chi connectivity index (χ0) is 35.8. The number of unbranched alkanes of at least 4 members (excludes halogenated alkanes) is 14. The molecule has 0 spiro atoms. The second-order valence-corrected chi connectivity index (χ2v) is 15.3. The molecule has 1 amide bonds. The Balaban J connectivity index is 4.66. The van der Waals surface area contributed by atoms with Crippen molar-refractivity contribution >= 4 is 13.7 Å². The maximum Gasteiger partial charge on any atom is 0.268 e. The first-order valence-corrected chi connectivity index (χ1v) is 20.5. The quantitative estimate of drug-likeness (QED) is 0.0307. The van der Waals surface area contributed by atoms with E-state index in [0.29, 0.717) is 17.4 Å². The number of aliphatic hydroxyl groups excluding tert-OH is 1. The van der Waals surface area contributed by atoms with Crippen molar-refractivity contribution < 1.29 is 32.9 Å². The van der Waals surface area contributed by atoms with Crippen LogP contribution in [0.3, 0.4) is 0 Å². The molecular weight excluding hydrogens is 623 g/mol. The van der Waals surface area contributed by atoms with Gasteiger partial charge in [0.05, 0.1) is 39.9 Å². The average molecular weight is 697 g/mol. The number of phosphoric ester groups is 1. The number of amides is 1. The normalized spacial score (nSPS) is 15.2. The smallest absolute Gasteiger partial charge is 0.268 e. The van der Waals surface area contributed by atoms with E-state index in [9.17, 15) is 19.4 Å². The van der Waals surface area contributed by atoms with E-state index in [-0.39, 0.29) is 12.5 Å². The first-order chi connectivity index (χ1) is 23.0. The van der Waals surface area contributed by atoms with Gasteiger partial charge in [-0.2, -0.15) is 0 Å². The average Bonchev–Trinajstić information content (AvgIpc) is 3.02. The molecule has 0 aliphatic heterocycles. The van der Waals surface area contributed by atoms with Gasteiger partial charge in [-0.05, 0) is 70.6 Å². The van der Waals surface area contributed by atoms with Gasteiger partial charge in [0.2, 0.25) is 5.91 Å². The Kier molecular flexibility index (Phi) is 30.4. The Morgan fingerprint density at radius 1 is 0.708 bits per heavy atom. The first kappa shape index (κ1) is 46.5. The van der Waals surface area contributed by atoms with Crippen LogP contribution in [-0.4, -0.2) is 68.5 Å². The fraction of sp³-hybridized carbons (Fsp3) is 0.769. The molecule has 0 aromatic carbocycles. The fourth-order valence-electron chi connectivity index (χ4n) is 4.88. The highest BCUT2D eigenvalue weighted by molar-refractivity contribution is 7.45. The Labute approximate surface area is 295 Å². The van der Waals surface area contributed by atoms with Gasteiger partial charge in [-0.25, -0.2) is 0 Å². The molecule has 3 unspecified atom stereocenters. The van der Waals surface area contributed by atoms with Crippen LogP contribution in [0, 0.1) is 0 Å². The highest BCUT2D eigenvalue weighted by atomic mass is 31.2. The lowest BCUT2D eigenvalue weighted by molar-refractivity contribution is -0.870. The van der Waals surface area contributed by atoms with Crippen molar-refractivity contribution in [3.05, 3.63) is 48.6 Å². The van der Waals surface area contributed by atoms with Crippen LogP contribution in [0.5, 0.6) is 0 Å². The van der Waals surface area contributed by atoms with Gasteiger partial charge in [0.15, 0.2) is 0 Å². The van der Waals surface area contributed by atoms with Crippen LogP contribution >= 0.6 is 7.82 Å². The second kappa shape index (κ2) is 31.4. The van der Waals surface area contributed by atoms with Gasteiger partial charge in [-0.3, -0.25) is 9.36 Å². The van der Waals surface area contributed by atoms with Gasteiger partial charge in [-0.1, -0.05) is 114 Å². The Bertz CT molecular complexity index is 928. The molecular formula is C39H73N2O6P. The summed E-state index contributed by atoms with van der Waals surface area (Å²) in [4.78, 5) is 25.1. The van der Waals surface area contributed by atoms with Crippen molar-refractivity contribution in [2.45, 2.75) is 154 Å². The summed E-state index contributed by atoms with van der Waals surface area (Å²) < 4.78 is 23.0. The van der Waals surface area contributed by atoms with Gasteiger partial charge in [0, 0.05) is 6.42 Å². The number of carbonyl (C=O) groups excluding carboxylic acids is 1. The Morgan fingerprint density at radius 3 is 1.73 bits per heavy atom. The number of aliphatic hydroxyl groups is 1. The molecule has 48 heavy (non-hydrogen) atoms. The minimum absolute atomic E-state index is 0.0120. The third-order valence-corrected chi connectivity index (χ3v) is 8.95. The SMILES string of the molecule is CCCCC/C=C\CCCCCCCC(=O)NC(COP(=O)([O-])OCC[N+](C)(C)C)C(O)/C=C/CC/C=C/CC/C=C/CCCCCC. The lowest BCUT2D eigenvalue weighted by Gasteiger charge is -2.29. The molecule has 0 rings (SSSR count). The summed E-state index contributed by atoms with van der Waals surface area (Å²) in [6.45, 7) is 4.52. The van der Waals surface area contributed by atoms with Crippen LogP contribution in [0.4, 0.5) is 0 Å². The van der Waals surface area contributed by atoms with Crippen LogP contribution in [0.2, 0.25) is 0 Å². The molecule has 280 valence electrons. The highest BCUT2D eigenvalue weighted by Gasteiger charge is 2.23. The third-order valence-electron chi connectivity index (χ3n) is 7.99. The molecule has 0 aliphatic carbocycles. The lowest BCUT2D eigenvalue weighted by atomic mass is 10.1. The number of rotatable bonds is 33. The van der Waals surface area contributed by atoms with E-state index in [1.165, 1.54) is 51.4 Å². The molecule has 0 aromatic rings. The predicted octanol–water partition coefficient (Wildman–Crippen LogP) is 9.11. The topological polar surface area (TPSA) is 108 Å². The van der Waals surface area contributed by atoms with Crippen LogP contribution in [0.25, 0.3) is 0 Å². The number of nitrogens with one attached hydrogen (secondary N) is 1. The number of likely N-dealkylation sites (N-methyl/N-ethyl adjacent to an activating group) is 1. The summed E-state index contributed by atoms with van der Waals surface area (Å²) in [5, 5.41) is 13.6. The summed E-state index contributed by atoms with van der Waals surface area (Å²) in [6.07, 6.45) is 37.2. The fourth-order valence-corrected chi connectivity index (χ4v) is 5.60. The number of hydrogen-bond donors (Lipinski definition) is 2. The van der Waals surface area contributed by atoms with E-state index in [1.54, 1.807) is 6.08 Å². The number of quaternary nitrogens is 1. The highest BCUT2D eigenvalue weighted by Crippen LogP contribution is 2.38. The summed E-state index contributed by atoms with van der Waals surface area (Å²) in [5.74, 6) is -0.226. The zero-order valence-electron chi connectivity index (χ0n) is 31.4. The minimum Gasteiger partial charge on any atom is -0.756 e. The molecule has 0 aliphatic rings. The van der Waals surface area contributed by atoms with E-state index in [0.717, 1.165) is 70.6 Å². The lowest BCUT2D eigenvalue weighted by Crippen LogP contribution is -2.45. The summed E-state index contributed by atoms with van der Waals surface area (Å²) >= 11 is 0. The van der Waals surface area contributed by atoms with Crippen molar-refractivity contribution in [1.82, 2.24) is 5.32 Å². The number of carbonyl (C=O) groups is 1. The van der Waals surface area contributed by atoms with Crippen molar-refractivity contribution in [2.24, 2.45) is 0 Å². The molecule has 0 aromatic heterocycles. The summed E-state index contributed by atoms with van der Waals surface area (Å²) in [7, 11) is 1.22. The van der Waals surface area contributed by atoms with Crippen LogP contribution in [0.15, 0.2) is 48.6 Å². The molecule has 9 heteroatoms. The molecule has 0 saturated carbocycles. The zero-order valence-corrected chi connectivity index (χ0v) is 32.3. The molecule has 0 fully saturated rings. The molecule has 0 bridgehead atoms. The van der Waals surface area contributed by atoms with E-state index in [1.807, 2.05) is 27.2 Å². The van der Waals surface area contributed by atoms with Gasteiger partial charge in [-0.15, -0.1) is 0 Å². The van der Waals surface area contributed by atoms with E-state index in [4.69, 9.17) is 9.05 Å². The van der Waals surface area contributed by atoms with E-state index in [2.05, 4.69) is 55.6 Å². The monoisotopic (exact) mass is 697 g/mol. The largest absolute Gasteiger partial charge is 0.756 e. The van der Waals surface area contributed by atoms with Gasteiger partial charge in [0.25, 0.3) is 7.82 Å². The van der Waals surface area contributed by atoms with Gasteiger partial charge in [0.1, 0.15) is 13.2 Å². The number of allylic oxidation sites excluding steroid dienone is 7. The van der Waals surface area contributed by atoms with E-state index < -0.39 is 26.6 Å².